The molecule has 0 bridgehead atoms. The maximum Gasteiger partial charge on any atom is 0.328 e. The highest BCUT2D eigenvalue weighted by Gasteiger charge is 2.15. The zero-order valence-corrected chi connectivity index (χ0v) is 11.0. The number of aliphatic imine (C=N–C) groups is 1. The van der Waals surface area contributed by atoms with Crippen LogP contribution in [0.15, 0.2) is 29.3 Å². The second-order valence-electron chi connectivity index (χ2n) is 4.61. The maximum absolute atomic E-state index is 11.3. The number of halogens is 1. The molecule has 1 rings (SSSR count). The number of esters is 1. The number of hydrogen-bond donors (Lipinski definition) is 0. The van der Waals surface area contributed by atoms with Gasteiger partial charge in [0.25, 0.3) is 0 Å². The minimum absolute atomic E-state index is 0.0277. The number of hydrogen-bond acceptors (Lipinski definition) is 3. The number of carbonyl (C=O) groups excluding carboxylic acids is 1. The minimum Gasteiger partial charge on any atom is -0.459 e. The van der Waals surface area contributed by atoms with Gasteiger partial charge in [-0.3, -0.25) is 9.79 Å². The van der Waals surface area contributed by atoms with Gasteiger partial charge in [-0.25, -0.2) is 0 Å². The monoisotopic (exact) mass is 253 g/mol. The van der Waals surface area contributed by atoms with Gasteiger partial charge in [0.2, 0.25) is 0 Å². The Morgan fingerprint density at radius 2 is 1.94 bits per heavy atom. The molecule has 3 nitrogen and oxygen atoms in total. The lowest BCUT2D eigenvalue weighted by Gasteiger charge is -2.18. The lowest BCUT2D eigenvalue weighted by atomic mass is 10.2. The molecule has 0 radical (unpaired) electrons. The third-order valence-corrected chi connectivity index (χ3v) is 2.00. The second-order valence-corrected chi connectivity index (χ2v) is 5.04. The van der Waals surface area contributed by atoms with Gasteiger partial charge in [-0.05, 0) is 38.5 Å². The summed E-state index contributed by atoms with van der Waals surface area (Å²) in [6.45, 7) is 5.51. The van der Waals surface area contributed by atoms with Crippen molar-refractivity contribution in [1.82, 2.24) is 0 Å². The third-order valence-electron chi connectivity index (χ3n) is 1.75. The highest BCUT2D eigenvalue weighted by atomic mass is 35.5. The number of benzene rings is 1. The van der Waals surface area contributed by atoms with Crippen molar-refractivity contribution in [3.8, 4) is 0 Å². The quantitative estimate of drug-likeness (QED) is 0.613. The number of rotatable bonds is 3. The van der Waals surface area contributed by atoms with E-state index in [2.05, 4.69) is 4.99 Å². The molecule has 0 amide bonds. The van der Waals surface area contributed by atoms with E-state index in [4.69, 9.17) is 16.3 Å². The van der Waals surface area contributed by atoms with Crippen LogP contribution in [-0.2, 0) is 9.53 Å². The molecule has 92 valence electrons. The molecular formula is C13H16ClNO2. The fraction of sp³-hybridized carbons (Fsp3) is 0.385. The second kappa shape index (κ2) is 5.82. The molecule has 0 spiro atoms. The van der Waals surface area contributed by atoms with Crippen molar-refractivity contribution in [2.24, 2.45) is 4.99 Å². The van der Waals surface area contributed by atoms with E-state index in [1.807, 2.05) is 32.9 Å². The minimum atomic E-state index is -0.465. The Morgan fingerprint density at radius 3 is 2.47 bits per heavy atom. The van der Waals surface area contributed by atoms with Crippen molar-refractivity contribution >= 4 is 23.8 Å². The van der Waals surface area contributed by atoms with Crippen molar-refractivity contribution in [3.63, 3.8) is 0 Å². The highest BCUT2D eigenvalue weighted by Crippen LogP contribution is 2.08. The zero-order valence-electron chi connectivity index (χ0n) is 10.2. The summed E-state index contributed by atoms with van der Waals surface area (Å²) in [5.41, 5.74) is 0.435. The fourth-order valence-corrected chi connectivity index (χ4v) is 1.27. The van der Waals surface area contributed by atoms with Gasteiger partial charge >= 0.3 is 5.97 Å². The molecule has 0 saturated carbocycles. The van der Waals surface area contributed by atoms with Gasteiger partial charge in [0.1, 0.15) is 12.1 Å². The summed E-state index contributed by atoms with van der Waals surface area (Å²) in [5.74, 6) is -0.331. The topological polar surface area (TPSA) is 38.7 Å². The van der Waals surface area contributed by atoms with Crippen molar-refractivity contribution in [1.29, 1.82) is 0 Å². The van der Waals surface area contributed by atoms with Crippen LogP contribution in [0.25, 0.3) is 0 Å². The first-order valence-corrected chi connectivity index (χ1v) is 5.72. The van der Waals surface area contributed by atoms with Crippen molar-refractivity contribution < 1.29 is 9.53 Å². The summed E-state index contributed by atoms with van der Waals surface area (Å²) in [6, 6.07) is 7.22. The number of ether oxygens (including phenoxy) is 1. The maximum atomic E-state index is 11.3. The molecule has 4 heteroatoms. The summed E-state index contributed by atoms with van der Waals surface area (Å²) in [4.78, 5) is 15.4. The van der Waals surface area contributed by atoms with Gasteiger partial charge < -0.3 is 4.74 Å². The molecule has 0 aliphatic carbocycles. The van der Waals surface area contributed by atoms with E-state index in [0.29, 0.717) is 5.02 Å². The molecule has 1 aromatic carbocycles. The molecule has 0 aliphatic heterocycles. The summed E-state index contributed by atoms with van der Waals surface area (Å²) in [7, 11) is 0. The predicted molar refractivity (Wildman–Crippen MR) is 69.8 cm³/mol. The molecule has 0 saturated heterocycles. The van der Waals surface area contributed by atoms with Crippen LogP contribution in [0.5, 0.6) is 0 Å². The Morgan fingerprint density at radius 1 is 1.35 bits per heavy atom. The highest BCUT2D eigenvalue weighted by molar-refractivity contribution is 6.30. The zero-order chi connectivity index (χ0) is 12.9. The molecular weight excluding hydrogens is 238 g/mol. The van der Waals surface area contributed by atoms with Crippen LogP contribution >= 0.6 is 11.6 Å². The van der Waals surface area contributed by atoms with E-state index in [-0.39, 0.29) is 12.5 Å². The van der Waals surface area contributed by atoms with E-state index in [1.54, 1.807) is 18.3 Å². The average molecular weight is 254 g/mol. The van der Waals surface area contributed by atoms with Gasteiger partial charge in [-0.15, -0.1) is 0 Å². The molecule has 17 heavy (non-hydrogen) atoms. The van der Waals surface area contributed by atoms with Crippen molar-refractivity contribution in [2.75, 3.05) is 6.54 Å². The van der Waals surface area contributed by atoms with Crippen LogP contribution in [-0.4, -0.2) is 24.3 Å². The van der Waals surface area contributed by atoms with Crippen LogP contribution in [0.3, 0.4) is 0 Å². The largest absolute Gasteiger partial charge is 0.459 e. The van der Waals surface area contributed by atoms with E-state index >= 15 is 0 Å². The molecule has 0 unspecified atom stereocenters. The van der Waals surface area contributed by atoms with Crippen LogP contribution in [0.1, 0.15) is 26.3 Å². The van der Waals surface area contributed by atoms with Crippen molar-refractivity contribution in [3.05, 3.63) is 34.9 Å². The standard InChI is InChI=1S/C13H16ClNO2/c1-13(2,3)17-12(16)9-15-8-10-4-6-11(14)7-5-10/h4-8H,9H2,1-3H3/b15-8-. The normalized spacial score (nSPS) is 11.8. The number of nitrogens with zero attached hydrogens (tertiary/aromatic N) is 1. The lowest BCUT2D eigenvalue weighted by Crippen LogP contribution is -2.25. The molecule has 0 aromatic heterocycles. The average Bonchev–Trinajstić information content (AvgIpc) is 2.18. The summed E-state index contributed by atoms with van der Waals surface area (Å²) >= 11 is 5.75. The fourth-order valence-electron chi connectivity index (χ4n) is 1.15. The first kappa shape index (κ1) is 13.7. The number of carbonyl (C=O) groups is 1. The third kappa shape index (κ3) is 6.07. The van der Waals surface area contributed by atoms with Crippen molar-refractivity contribution in [2.45, 2.75) is 26.4 Å². The van der Waals surface area contributed by atoms with Gasteiger partial charge in [0.05, 0.1) is 0 Å². The smallest absolute Gasteiger partial charge is 0.328 e. The Balaban J connectivity index is 2.45. The van der Waals surface area contributed by atoms with Gasteiger partial charge in [-0.2, -0.15) is 0 Å². The van der Waals surface area contributed by atoms with E-state index in [9.17, 15) is 4.79 Å². The molecule has 0 heterocycles. The van der Waals surface area contributed by atoms with Crippen LogP contribution < -0.4 is 0 Å². The van der Waals surface area contributed by atoms with Crippen LogP contribution in [0.2, 0.25) is 5.02 Å². The van der Waals surface area contributed by atoms with Gasteiger partial charge in [-0.1, -0.05) is 23.7 Å². The van der Waals surface area contributed by atoms with Crippen LogP contribution in [0.4, 0.5) is 0 Å². The molecule has 0 fully saturated rings. The first-order chi connectivity index (χ1) is 7.87. The molecule has 0 N–H and O–H groups in total. The van der Waals surface area contributed by atoms with E-state index in [1.165, 1.54) is 0 Å². The molecule has 1 aromatic rings. The predicted octanol–water partition coefficient (Wildman–Crippen LogP) is 3.10. The van der Waals surface area contributed by atoms with E-state index in [0.717, 1.165) is 5.56 Å². The van der Waals surface area contributed by atoms with Gasteiger partial charge in [0, 0.05) is 11.2 Å². The Hall–Kier alpha value is -1.35. The molecule has 0 aliphatic rings. The van der Waals surface area contributed by atoms with Gasteiger partial charge in [0.15, 0.2) is 0 Å². The Kier molecular flexibility index (Phi) is 4.70. The lowest BCUT2D eigenvalue weighted by molar-refractivity contribution is -0.152. The van der Waals surface area contributed by atoms with E-state index < -0.39 is 5.60 Å². The SMILES string of the molecule is CC(C)(C)OC(=O)C/N=C\c1ccc(Cl)cc1. The first-order valence-electron chi connectivity index (χ1n) is 5.34. The van der Waals surface area contributed by atoms with Crippen LogP contribution in [0, 0.1) is 0 Å². The Bertz CT molecular complexity index is 404. The summed E-state index contributed by atoms with van der Waals surface area (Å²) in [5, 5.41) is 0.675. The Labute approximate surface area is 106 Å². The summed E-state index contributed by atoms with van der Waals surface area (Å²) in [6.07, 6.45) is 1.63. The molecule has 0 atom stereocenters. The summed E-state index contributed by atoms with van der Waals surface area (Å²) < 4.78 is 5.12.